The third-order valence-corrected chi connectivity index (χ3v) is 3.50. The first-order valence-corrected chi connectivity index (χ1v) is 7.99. The molecule has 1 aromatic heterocycles. The van der Waals surface area contributed by atoms with Crippen LogP contribution in [0.25, 0.3) is 5.69 Å². The van der Waals surface area contributed by atoms with E-state index in [9.17, 15) is 9.90 Å². The van der Waals surface area contributed by atoms with E-state index in [-0.39, 0.29) is 12.6 Å². The minimum atomic E-state index is -0.952. The van der Waals surface area contributed by atoms with Crippen molar-refractivity contribution in [2.75, 3.05) is 18.4 Å². The minimum Gasteiger partial charge on any atom is -0.389 e. The summed E-state index contributed by atoms with van der Waals surface area (Å²) in [4.78, 5) is 18.4. The molecule has 0 aliphatic heterocycles. The molecule has 0 aliphatic carbocycles. The standard InChI is InChI=1S/C17H25N5O2/c1-6-21(11-17(4,5)24)16(23)19-14-9-7-8-10-15(14)22-13(3)18-12(2)20-22/h7-10,24H,6,11H2,1-5H3,(H,19,23). The highest BCUT2D eigenvalue weighted by molar-refractivity contribution is 5.91. The normalized spacial score (nSPS) is 11.4. The molecule has 0 unspecified atom stereocenters. The fraction of sp³-hybridized carbons (Fsp3) is 0.471. The lowest BCUT2D eigenvalue weighted by atomic mass is 10.1. The van der Waals surface area contributed by atoms with Gasteiger partial charge in [0.05, 0.1) is 23.5 Å². The number of urea groups is 1. The van der Waals surface area contributed by atoms with E-state index in [0.717, 1.165) is 11.5 Å². The van der Waals surface area contributed by atoms with Gasteiger partial charge in [-0.2, -0.15) is 5.10 Å². The van der Waals surface area contributed by atoms with Crippen LogP contribution in [0.3, 0.4) is 0 Å². The summed E-state index contributed by atoms with van der Waals surface area (Å²) in [5.41, 5.74) is 0.444. The Balaban J connectivity index is 2.27. The Kier molecular flexibility index (Phi) is 5.23. The lowest BCUT2D eigenvalue weighted by molar-refractivity contribution is 0.0501. The number of hydrogen-bond donors (Lipinski definition) is 2. The molecule has 0 spiro atoms. The molecule has 0 aliphatic rings. The molecular weight excluding hydrogens is 306 g/mol. The fourth-order valence-corrected chi connectivity index (χ4v) is 2.50. The number of carbonyl (C=O) groups is 1. The number of rotatable bonds is 5. The van der Waals surface area contributed by atoms with E-state index in [1.54, 1.807) is 23.4 Å². The van der Waals surface area contributed by atoms with Crippen LogP contribution in [-0.4, -0.2) is 49.5 Å². The van der Waals surface area contributed by atoms with Crippen LogP contribution in [0.5, 0.6) is 0 Å². The van der Waals surface area contributed by atoms with Crippen LogP contribution >= 0.6 is 0 Å². The van der Waals surface area contributed by atoms with E-state index in [4.69, 9.17) is 0 Å². The average molecular weight is 331 g/mol. The number of amides is 2. The quantitative estimate of drug-likeness (QED) is 0.882. The van der Waals surface area contributed by atoms with Gasteiger partial charge in [0.15, 0.2) is 0 Å². The predicted octanol–water partition coefficient (Wildman–Crippen LogP) is 2.51. The second-order valence-electron chi connectivity index (χ2n) is 6.39. The Morgan fingerprint density at radius 2 is 2.00 bits per heavy atom. The third kappa shape index (κ3) is 4.32. The summed E-state index contributed by atoms with van der Waals surface area (Å²) in [6.07, 6.45) is 0. The molecule has 0 saturated carbocycles. The van der Waals surface area contributed by atoms with E-state index in [1.807, 2.05) is 45.0 Å². The Morgan fingerprint density at radius 1 is 1.33 bits per heavy atom. The number of para-hydroxylation sites is 2. The van der Waals surface area contributed by atoms with E-state index < -0.39 is 5.60 Å². The van der Waals surface area contributed by atoms with Crippen molar-refractivity contribution < 1.29 is 9.90 Å². The molecule has 1 heterocycles. The first-order valence-electron chi connectivity index (χ1n) is 7.99. The Bertz CT molecular complexity index is 718. The molecular formula is C17H25N5O2. The smallest absolute Gasteiger partial charge is 0.321 e. The molecule has 1 aromatic carbocycles. The van der Waals surface area contributed by atoms with Gasteiger partial charge in [-0.15, -0.1) is 0 Å². The van der Waals surface area contributed by atoms with Gasteiger partial charge in [-0.05, 0) is 46.8 Å². The second-order valence-corrected chi connectivity index (χ2v) is 6.39. The highest BCUT2D eigenvalue weighted by atomic mass is 16.3. The van der Waals surface area contributed by atoms with Crippen LogP contribution in [0, 0.1) is 13.8 Å². The summed E-state index contributed by atoms with van der Waals surface area (Å²) in [6.45, 7) is 9.68. The van der Waals surface area contributed by atoms with E-state index in [0.29, 0.717) is 18.1 Å². The number of benzene rings is 1. The van der Waals surface area contributed by atoms with Gasteiger partial charge in [-0.25, -0.2) is 14.5 Å². The van der Waals surface area contributed by atoms with Gasteiger partial charge in [0.1, 0.15) is 11.6 Å². The van der Waals surface area contributed by atoms with E-state index in [1.165, 1.54) is 0 Å². The van der Waals surface area contributed by atoms with Crippen LogP contribution < -0.4 is 5.32 Å². The molecule has 2 N–H and O–H groups in total. The fourth-order valence-electron chi connectivity index (χ4n) is 2.50. The molecule has 0 fully saturated rings. The van der Waals surface area contributed by atoms with Crippen LogP contribution in [-0.2, 0) is 0 Å². The highest BCUT2D eigenvalue weighted by Gasteiger charge is 2.22. The number of anilines is 1. The van der Waals surface area contributed by atoms with Gasteiger partial charge in [0.2, 0.25) is 0 Å². The van der Waals surface area contributed by atoms with Crippen LogP contribution in [0.4, 0.5) is 10.5 Å². The number of aromatic nitrogens is 3. The van der Waals surface area contributed by atoms with Gasteiger partial charge in [-0.1, -0.05) is 12.1 Å². The van der Waals surface area contributed by atoms with Crippen LogP contribution in [0.15, 0.2) is 24.3 Å². The van der Waals surface area contributed by atoms with E-state index in [2.05, 4.69) is 15.4 Å². The van der Waals surface area contributed by atoms with Gasteiger partial charge < -0.3 is 15.3 Å². The molecule has 24 heavy (non-hydrogen) atoms. The summed E-state index contributed by atoms with van der Waals surface area (Å²) in [5, 5.41) is 17.2. The summed E-state index contributed by atoms with van der Waals surface area (Å²) in [6, 6.07) is 7.17. The first-order chi connectivity index (χ1) is 11.2. The summed E-state index contributed by atoms with van der Waals surface area (Å²) < 4.78 is 1.71. The molecule has 2 amide bonds. The van der Waals surface area contributed by atoms with Crippen molar-refractivity contribution in [1.82, 2.24) is 19.7 Å². The number of nitrogens with zero attached hydrogens (tertiary/aromatic N) is 4. The van der Waals surface area contributed by atoms with Crippen molar-refractivity contribution >= 4 is 11.7 Å². The van der Waals surface area contributed by atoms with Gasteiger partial charge in [0, 0.05) is 6.54 Å². The van der Waals surface area contributed by atoms with Crippen molar-refractivity contribution in [2.24, 2.45) is 0 Å². The molecule has 0 saturated heterocycles. The maximum Gasteiger partial charge on any atom is 0.321 e. The number of aliphatic hydroxyl groups is 1. The molecule has 7 heteroatoms. The second kappa shape index (κ2) is 7.00. The Morgan fingerprint density at radius 3 is 2.54 bits per heavy atom. The van der Waals surface area contributed by atoms with Gasteiger partial charge in [0.25, 0.3) is 0 Å². The number of hydrogen-bond acceptors (Lipinski definition) is 4. The van der Waals surface area contributed by atoms with Crippen molar-refractivity contribution in [3.05, 3.63) is 35.9 Å². The SMILES string of the molecule is CCN(CC(C)(C)O)C(=O)Nc1ccccc1-n1nc(C)nc1C. The predicted molar refractivity (Wildman–Crippen MR) is 93.4 cm³/mol. The largest absolute Gasteiger partial charge is 0.389 e. The van der Waals surface area contributed by atoms with Crippen LogP contribution in [0.2, 0.25) is 0 Å². The Labute approximate surface area is 142 Å². The Hall–Kier alpha value is -2.41. The maximum atomic E-state index is 12.6. The zero-order valence-electron chi connectivity index (χ0n) is 14.9. The summed E-state index contributed by atoms with van der Waals surface area (Å²) in [5.74, 6) is 1.42. The van der Waals surface area contributed by atoms with Crippen molar-refractivity contribution in [2.45, 2.75) is 40.2 Å². The van der Waals surface area contributed by atoms with Crippen molar-refractivity contribution in [3.8, 4) is 5.69 Å². The minimum absolute atomic E-state index is 0.249. The lowest BCUT2D eigenvalue weighted by Crippen LogP contribution is -2.44. The molecule has 130 valence electrons. The third-order valence-electron chi connectivity index (χ3n) is 3.50. The number of nitrogens with one attached hydrogen (secondary N) is 1. The maximum absolute atomic E-state index is 12.6. The van der Waals surface area contributed by atoms with Gasteiger partial charge in [-0.3, -0.25) is 0 Å². The van der Waals surface area contributed by atoms with Gasteiger partial charge >= 0.3 is 6.03 Å². The van der Waals surface area contributed by atoms with Crippen LogP contribution in [0.1, 0.15) is 32.4 Å². The number of aryl methyl sites for hydroxylation is 2. The zero-order valence-corrected chi connectivity index (χ0v) is 14.9. The molecule has 0 atom stereocenters. The van der Waals surface area contributed by atoms with Crippen molar-refractivity contribution in [3.63, 3.8) is 0 Å². The average Bonchev–Trinajstić information content (AvgIpc) is 2.83. The molecule has 2 rings (SSSR count). The molecule has 2 aromatic rings. The highest BCUT2D eigenvalue weighted by Crippen LogP contribution is 2.21. The molecule has 0 bridgehead atoms. The number of likely N-dealkylation sites (N-methyl/N-ethyl adjacent to an activating group) is 1. The monoisotopic (exact) mass is 331 g/mol. The number of carbonyl (C=O) groups excluding carboxylic acids is 1. The zero-order chi connectivity index (χ0) is 17.9. The molecule has 0 radical (unpaired) electrons. The van der Waals surface area contributed by atoms with E-state index >= 15 is 0 Å². The van der Waals surface area contributed by atoms with Crippen molar-refractivity contribution in [1.29, 1.82) is 0 Å². The molecule has 7 nitrogen and oxygen atoms in total. The lowest BCUT2D eigenvalue weighted by Gasteiger charge is -2.28. The summed E-state index contributed by atoms with van der Waals surface area (Å²) >= 11 is 0. The first kappa shape index (κ1) is 17.9. The summed E-state index contributed by atoms with van der Waals surface area (Å²) in [7, 11) is 0. The topological polar surface area (TPSA) is 83.3 Å².